The molecule has 0 N–H and O–H groups in total. The van der Waals surface area contributed by atoms with Gasteiger partial charge in [-0.05, 0) is 66.4 Å². The van der Waals surface area contributed by atoms with Crippen LogP contribution in [0.15, 0.2) is 72.2 Å². The van der Waals surface area contributed by atoms with Crippen LogP contribution in [0.5, 0.6) is 0 Å². The van der Waals surface area contributed by atoms with Crippen LogP contribution in [-0.2, 0) is 4.79 Å². The molecule has 9 nitrogen and oxygen atoms in total. The smallest absolute Gasteiger partial charge is 0.442 e. The number of aryl methyl sites for hydroxylation is 1. The zero-order valence-electron chi connectivity index (χ0n) is 25.4. The Labute approximate surface area is 264 Å². The number of pyridine rings is 2. The number of amides is 1. The minimum Gasteiger partial charge on any atom is -0.710 e. The summed E-state index contributed by atoms with van der Waals surface area (Å²) in [6.45, 7) is 12.2. The minimum absolute atomic E-state index is 0.0831. The van der Waals surface area contributed by atoms with Crippen molar-refractivity contribution in [3.63, 3.8) is 0 Å². The van der Waals surface area contributed by atoms with Crippen molar-refractivity contribution >= 4 is 45.1 Å². The molecule has 0 unspecified atom stereocenters. The van der Waals surface area contributed by atoms with E-state index >= 15 is 4.39 Å². The van der Waals surface area contributed by atoms with Gasteiger partial charge in [-0.3, -0.25) is 9.78 Å². The molecule has 0 saturated carbocycles. The number of hydrogen-bond donors (Lipinski definition) is 0. The van der Waals surface area contributed by atoms with Gasteiger partial charge >= 0.3 is 11.3 Å². The lowest BCUT2D eigenvalue weighted by molar-refractivity contribution is -0.569. The monoisotopic (exact) mass is 626 g/mol. The molecule has 1 aliphatic heterocycles. The number of piperazine rings is 1. The van der Waals surface area contributed by atoms with Crippen molar-refractivity contribution in [2.75, 3.05) is 24.5 Å². The van der Waals surface area contributed by atoms with Gasteiger partial charge < -0.3 is 15.0 Å². The molecule has 1 fully saturated rings. The molecule has 5 aromatic rings. The van der Waals surface area contributed by atoms with Gasteiger partial charge in [0, 0.05) is 42.5 Å². The van der Waals surface area contributed by atoms with Gasteiger partial charge in [-0.15, -0.1) is 4.57 Å². The second kappa shape index (κ2) is 11.6. The third-order valence-electron chi connectivity index (χ3n) is 8.37. The lowest BCUT2D eigenvalue weighted by Gasteiger charge is -2.40. The van der Waals surface area contributed by atoms with E-state index in [4.69, 9.17) is 11.6 Å². The lowest BCUT2D eigenvalue weighted by Crippen LogP contribution is -2.54. The fraction of sp³-hybridized carbons (Fsp3) is 0.265. The number of aromatic nitrogens is 4. The van der Waals surface area contributed by atoms with Crippen molar-refractivity contribution < 1.29 is 13.9 Å². The molecular formula is C34H32ClFN6O3. The number of anilines is 1. The van der Waals surface area contributed by atoms with Gasteiger partial charge in [-0.25, -0.2) is 13.9 Å². The summed E-state index contributed by atoms with van der Waals surface area (Å²) in [5.41, 5.74) is 0.961. The molecule has 1 saturated heterocycles. The Morgan fingerprint density at radius 2 is 1.93 bits per heavy atom. The maximum Gasteiger partial charge on any atom is 0.442 e. The number of nitrogens with zero attached hydrogens (tertiary/aromatic N) is 6. The van der Waals surface area contributed by atoms with Crippen molar-refractivity contribution in [2.45, 2.75) is 39.7 Å². The topological polar surface area (TPSA) is 98.3 Å². The summed E-state index contributed by atoms with van der Waals surface area (Å²) in [6, 6.07) is 13.3. The Bertz CT molecular complexity index is 2080. The maximum atomic E-state index is 16.4. The highest BCUT2D eigenvalue weighted by Crippen LogP contribution is 2.36. The normalized spacial score (nSPS) is 15.3. The molecule has 3 aromatic heterocycles. The van der Waals surface area contributed by atoms with E-state index < -0.39 is 11.5 Å². The van der Waals surface area contributed by atoms with Gasteiger partial charge in [0.05, 0.1) is 5.69 Å². The standard InChI is InChI=1S/C34H32ClFN6O3/c1-6-28(43)39-13-14-40(21(5)18-39)32-26-17-27(36)31(25-16-23(35)15-22-9-7-8-10-24(22)25)42(45)33(26)41(34(44)38-32)30-20(4)11-12-37-29(30)19(2)3/h6-12,15-17,19,21H,1,13-14,18H2,2-5H3/t21-/m0/s1. The third kappa shape index (κ3) is 5.08. The Hall–Kier alpha value is -4.83. The Morgan fingerprint density at radius 3 is 2.64 bits per heavy atom. The molecule has 0 radical (unpaired) electrons. The number of carbonyl (C=O) groups excluding carboxylic acids is 1. The van der Waals surface area contributed by atoms with Crippen molar-refractivity contribution in [3.05, 3.63) is 105 Å². The predicted molar refractivity (Wildman–Crippen MR) is 174 cm³/mol. The number of halogens is 2. The summed E-state index contributed by atoms with van der Waals surface area (Å²) in [7, 11) is 0. The average molecular weight is 627 g/mol. The van der Waals surface area contributed by atoms with E-state index in [1.807, 2.05) is 44.7 Å². The van der Waals surface area contributed by atoms with E-state index in [1.54, 1.807) is 41.4 Å². The summed E-state index contributed by atoms with van der Waals surface area (Å²) in [6.07, 6.45) is 2.92. The molecule has 4 heterocycles. The number of rotatable bonds is 5. The van der Waals surface area contributed by atoms with E-state index in [0.717, 1.165) is 5.39 Å². The molecule has 2 aromatic carbocycles. The lowest BCUT2D eigenvalue weighted by atomic mass is 10.0. The van der Waals surface area contributed by atoms with Crippen LogP contribution >= 0.6 is 11.6 Å². The van der Waals surface area contributed by atoms with Gasteiger partial charge in [-0.1, -0.05) is 56.3 Å². The molecule has 1 atom stereocenters. The second-order valence-electron chi connectivity index (χ2n) is 11.6. The molecule has 0 spiro atoms. The van der Waals surface area contributed by atoms with Gasteiger partial charge in [0.25, 0.3) is 0 Å². The highest BCUT2D eigenvalue weighted by molar-refractivity contribution is 6.32. The van der Waals surface area contributed by atoms with Gasteiger partial charge in [-0.2, -0.15) is 4.98 Å². The van der Waals surface area contributed by atoms with Crippen molar-refractivity contribution in [3.8, 4) is 16.9 Å². The van der Waals surface area contributed by atoms with Gasteiger partial charge in [0.15, 0.2) is 23.0 Å². The summed E-state index contributed by atoms with van der Waals surface area (Å²) in [4.78, 5) is 39.0. The second-order valence-corrected chi connectivity index (χ2v) is 12.1. The first-order valence-electron chi connectivity index (χ1n) is 14.7. The summed E-state index contributed by atoms with van der Waals surface area (Å²) < 4.78 is 18.2. The van der Waals surface area contributed by atoms with Gasteiger partial charge in [0.1, 0.15) is 5.39 Å². The fourth-order valence-corrected chi connectivity index (χ4v) is 6.48. The number of benzene rings is 2. The van der Waals surface area contributed by atoms with E-state index in [0.29, 0.717) is 57.3 Å². The predicted octanol–water partition coefficient (Wildman–Crippen LogP) is 5.68. The van der Waals surface area contributed by atoms with Crippen LogP contribution in [0.4, 0.5) is 10.2 Å². The van der Waals surface area contributed by atoms with E-state index in [1.165, 1.54) is 16.7 Å². The highest BCUT2D eigenvalue weighted by atomic mass is 35.5. The zero-order valence-corrected chi connectivity index (χ0v) is 26.2. The first-order chi connectivity index (χ1) is 21.5. The maximum absolute atomic E-state index is 16.4. The molecule has 1 aliphatic rings. The zero-order chi connectivity index (χ0) is 32.2. The van der Waals surface area contributed by atoms with Crippen LogP contribution in [0.25, 0.3) is 38.8 Å². The fourth-order valence-electron chi connectivity index (χ4n) is 6.25. The number of carbonyl (C=O) groups is 1. The molecule has 230 valence electrons. The number of fused-ring (bicyclic) bond motifs is 2. The summed E-state index contributed by atoms with van der Waals surface area (Å²) in [5.74, 6) is -0.930. The van der Waals surface area contributed by atoms with Crippen molar-refractivity contribution in [1.82, 2.24) is 19.4 Å². The average Bonchev–Trinajstić information content (AvgIpc) is 3.00. The SMILES string of the molecule is C=CC(=O)N1CCN(c2nc(=O)n(-c3c(C)ccnc3C(C)C)c3c2cc(F)c(-c2cc(Cl)cc4ccccc24)[n+]3[O-])[C@@H](C)C1. The van der Waals surface area contributed by atoms with Crippen molar-refractivity contribution in [2.24, 2.45) is 0 Å². The highest BCUT2D eigenvalue weighted by Gasteiger charge is 2.34. The first kappa shape index (κ1) is 30.2. The summed E-state index contributed by atoms with van der Waals surface area (Å²) in [5, 5.41) is 16.5. The van der Waals surface area contributed by atoms with Crippen LogP contribution < -0.4 is 15.3 Å². The number of hydrogen-bond acceptors (Lipinski definition) is 6. The van der Waals surface area contributed by atoms with Crippen LogP contribution in [-0.4, -0.2) is 51.0 Å². The Balaban J connectivity index is 1.71. The van der Waals surface area contributed by atoms with Crippen molar-refractivity contribution in [1.29, 1.82) is 0 Å². The van der Waals surface area contributed by atoms with E-state index in [9.17, 15) is 14.8 Å². The Morgan fingerprint density at radius 1 is 1.18 bits per heavy atom. The van der Waals surface area contributed by atoms with Gasteiger partial charge in [0.2, 0.25) is 5.91 Å². The molecular weight excluding hydrogens is 595 g/mol. The molecule has 11 heteroatoms. The molecule has 0 aliphatic carbocycles. The molecule has 0 bridgehead atoms. The largest absolute Gasteiger partial charge is 0.710 e. The summed E-state index contributed by atoms with van der Waals surface area (Å²) >= 11 is 6.46. The van der Waals surface area contributed by atoms with E-state index in [2.05, 4.69) is 16.5 Å². The molecule has 45 heavy (non-hydrogen) atoms. The van der Waals surface area contributed by atoms with Crippen LogP contribution in [0.1, 0.15) is 37.9 Å². The van der Waals surface area contributed by atoms with Crippen LogP contribution in [0, 0.1) is 17.9 Å². The molecule has 1 amide bonds. The quantitative estimate of drug-likeness (QED) is 0.141. The molecule has 6 rings (SSSR count). The first-order valence-corrected chi connectivity index (χ1v) is 15.1. The van der Waals surface area contributed by atoms with Crippen LogP contribution in [0.2, 0.25) is 5.02 Å². The third-order valence-corrected chi connectivity index (χ3v) is 8.59. The Kier molecular flexibility index (Phi) is 7.78. The van der Waals surface area contributed by atoms with E-state index in [-0.39, 0.29) is 40.4 Å². The minimum atomic E-state index is -0.793. The van der Waals surface area contributed by atoms with Crippen LogP contribution in [0.3, 0.4) is 0 Å².